The second-order valence-corrected chi connectivity index (χ2v) is 31.7. The molecule has 8 aromatic rings. The van der Waals surface area contributed by atoms with Crippen LogP contribution < -0.4 is 0 Å². The molecule has 0 aromatic carbocycles. The Kier molecular flexibility index (Phi) is 30.9. The van der Waals surface area contributed by atoms with Crippen molar-refractivity contribution in [2.45, 2.75) is 209 Å². The quantitative estimate of drug-likeness (QED) is 0.142. The first-order valence-electron chi connectivity index (χ1n) is 29.0. The molecule has 0 spiro atoms. The van der Waals surface area contributed by atoms with Gasteiger partial charge in [-0.15, -0.1) is 22.7 Å². The van der Waals surface area contributed by atoms with Gasteiger partial charge in [-0.2, -0.15) is 8.75 Å². The van der Waals surface area contributed by atoms with E-state index >= 15 is 0 Å². The zero-order chi connectivity index (χ0) is 67.9. The molecule has 0 amide bonds. The monoisotopic (exact) mass is 1270 g/mol. The highest BCUT2D eigenvalue weighted by Gasteiger charge is 2.23. The van der Waals surface area contributed by atoms with E-state index in [0.29, 0.717) is 11.8 Å². The molecular weight excluding hydrogens is 1170 g/mol. The van der Waals surface area contributed by atoms with Crippen molar-refractivity contribution in [3.63, 3.8) is 0 Å². The van der Waals surface area contributed by atoms with Crippen molar-refractivity contribution in [3.05, 3.63) is 189 Å². The molecule has 480 valence electrons. The molecule has 8 aromatic heterocycles. The lowest BCUT2D eigenvalue weighted by Crippen LogP contribution is -2.11. The van der Waals surface area contributed by atoms with Crippen LogP contribution in [0.1, 0.15) is 255 Å². The van der Waals surface area contributed by atoms with Gasteiger partial charge in [-0.3, -0.25) is 0 Å². The predicted molar refractivity (Wildman–Crippen MR) is 385 cm³/mol. The Balaban J connectivity index is 0.000000503. The minimum Gasteiger partial charge on any atom is -0.445 e. The first-order chi connectivity index (χ1) is 40.3. The summed E-state index contributed by atoms with van der Waals surface area (Å²) < 4.78 is 28.9. The molecule has 0 unspecified atom stereocenters. The fourth-order valence-electron chi connectivity index (χ4n) is 6.29. The lowest BCUT2D eigenvalue weighted by Gasteiger charge is -2.16. The average Bonchev–Trinajstić information content (AvgIpc) is 4.50. The van der Waals surface area contributed by atoms with E-state index in [1.165, 1.54) is 26.9 Å². The summed E-state index contributed by atoms with van der Waals surface area (Å²) in [5, 5.41) is 13.8. The van der Waals surface area contributed by atoms with Gasteiger partial charge in [0.05, 0.1) is 29.0 Å². The van der Waals surface area contributed by atoms with Gasteiger partial charge in [-0.1, -0.05) is 229 Å². The van der Waals surface area contributed by atoms with E-state index < -0.39 is 0 Å². The minimum absolute atomic E-state index is 0.0360. The summed E-state index contributed by atoms with van der Waals surface area (Å²) in [4.78, 5) is 19.5. The smallest absolute Gasteiger partial charge is 0.218 e. The Morgan fingerprint density at radius 2 is 0.966 bits per heavy atom. The van der Waals surface area contributed by atoms with E-state index in [0.717, 1.165) is 61.3 Å². The second kappa shape index (κ2) is 34.3. The maximum absolute atomic E-state index is 5.37. The molecule has 16 heteroatoms. The minimum atomic E-state index is 0.0360. The molecule has 0 saturated carbocycles. The van der Waals surface area contributed by atoms with Crippen molar-refractivity contribution in [2.75, 3.05) is 0 Å². The Hall–Kier alpha value is -6.72. The standard InChI is InChI=1S/4C9H13NO.4C9H13NS/c1-5-8-10-7(6-11-8)9(2,3)4;1-5-8-10-6-7(11-8)9(2,3)4;1-5-8-7(6-11-10-8)9(2,3)4;1-5-7-6-8(11-10-7)9(2,3)4;1-5-8-10-7(6-11-8)9(2,3)4;1-5-8-10-6-7(11-8)9(2,3)4;1-5-8-7(6-11-10-8)9(2,3)4;1-5-7-6-8(11-10-7)9(2,3)4/h8*5-6H,1H2,2-4H3. The van der Waals surface area contributed by atoms with Gasteiger partial charge in [-0.05, 0) is 105 Å². The van der Waals surface area contributed by atoms with E-state index in [2.05, 4.69) is 275 Å². The van der Waals surface area contributed by atoms with Crippen molar-refractivity contribution < 1.29 is 17.9 Å². The third-order valence-electron chi connectivity index (χ3n) is 12.0. The number of thiazole rings is 2. The number of rotatable bonds is 8. The van der Waals surface area contributed by atoms with Gasteiger partial charge in [0.1, 0.15) is 45.4 Å². The summed E-state index contributed by atoms with van der Waals surface area (Å²) in [6.07, 6.45) is 20.8. The first-order valence-corrected chi connectivity index (χ1v) is 32.3. The largest absolute Gasteiger partial charge is 0.445 e. The molecule has 8 heterocycles. The van der Waals surface area contributed by atoms with Crippen LogP contribution in [0.2, 0.25) is 0 Å². The van der Waals surface area contributed by atoms with Crippen molar-refractivity contribution in [2.24, 2.45) is 0 Å². The lowest BCUT2D eigenvalue weighted by molar-refractivity contribution is 0.328. The molecule has 0 aliphatic rings. The van der Waals surface area contributed by atoms with Gasteiger partial charge in [0, 0.05) is 60.0 Å². The molecular formula is C72H104N8O4S4. The summed E-state index contributed by atoms with van der Waals surface area (Å²) in [6, 6.07) is 4.00. The van der Waals surface area contributed by atoms with E-state index in [1.807, 2.05) is 18.3 Å². The number of oxazole rings is 2. The van der Waals surface area contributed by atoms with Crippen molar-refractivity contribution in [1.29, 1.82) is 0 Å². The molecule has 0 saturated heterocycles. The number of nitrogens with zero attached hydrogens (tertiary/aromatic N) is 8. The highest BCUT2D eigenvalue weighted by molar-refractivity contribution is 7.12. The molecule has 0 aliphatic heterocycles. The van der Waals surface area contributed by atoms with Crippen LogP contribution in [0.3, 0.4) is 0 Å². The molecule has 8 rings (SSSR count). The number of hydrogen-bond acceptors (Lipinski definition) is 16. The molecule has 0 bridgehead atoms. The van der Waals surface area contributed by atoms with Crippen LogP contribution in [0.15, 0.2) is 118 Å². The van der Waals surface area contributed by atoms with E-state index in [1.54, 1.807) is 95.5 Å². The Morgan fingerprint density at radius 1 is 0.420 bits per heavy atom. The van der Waals surface area contributed by atoms with Crippen LogP contribution in [0.25, 0.3) is 48.6 Å². The molecule has 0 atom stereocenters. The summed E-state index contributed by atoms with van der Waals surface area (Å²) in [6.45, 7) is 80.4. The third kappa shape index (κ3) is 28.2. The molecule has 0 fully saturated rings. The summed E-state index contributed by atoms with van der Waals surface area (Å²) in [5.74, 6) is 2.98. The fraction of sp³-hybridized carbons (Fsp3) is 0.444. The molecule has 12 nitrogen and oxygen atoms in total. The van der Waals surface area contributed by atoms with Crippen LogP contribution in [0.5, 0.6) is 0 Å². The van der Waals surface area contributed by atoms with Crippen LogP contribution in [-0.4, -0.2) is 39.0 Å². The van der Waals surface area contributed by atoms with Crippen molar-refractivity contribution in [1.82, 2.24) is 39.0 Å². The van der Waals surface area contributed by atoms with E-state index in [9.17, 15) is 0 Å². The van der Waals surface area contributed by atoms with Gasteiger partial charge < -0.3 is 17.9 Å². The van der Waals surface area contributed by atoms with Gasteiger partial charge in [-0.25, -0.2) is 19.9 Å². The molecule has 0 aliphatic carbocycles. The summed E-state index contributed by atoms with van der Waals surface area (Å²) in [5.41, 5.74) is 9.19. The van der Waals surface area contributed by atoms with Gasteiger partial charge in [0.2, 0.25) is 11.8 Å². The summed E-state index contributed by atoms with van der Waals surface area (Å²) in [7, 11) is 0. The average molecular weight is 1270 g/mol. The Labute approximate surface area is 546 Å². The van der Waals surface area contributed by atoms with E-state index in [4.69, 9.17) is 17.9 Å². The molecule has 0 N–H and O–H groups in total. The Bertz CT molecular complexity index is 2900. The van der Waals surface area contributed by atoms with Crippen LogP contribution in [-0.2, 0) is 43.3 Å². The summed E-state index contributed by atoms with van der Waals surface area (Å²) >= 11 is 6.41. The van der Waals surface area contributed by atoms with Crippen LogP contribution in [0, 0.1) is 0 Å². The maximum Gasteiger partial charge on any atom is 0.218 e. The number of aromatic nitrogens is 8. The van der Waals surface area contributed by atoms with E-state index in [-0.39, 0.29) is 43.3 Å². The maximum atomic E-state index is 5.37. The normalized spacial score (nSPS) is 11.5. The van der Waals surface area contributed by atoms with Gasteiger partial charge in [0.15, 0.2) is 0 Å². The predicted octanol–water partition coefficient (Wildman–Crippen LogP) is 22.8. The highest BCUT2D eigenvalue weighted by Crippen LogP contribution is 2.31. The van der Waals surface area contributed by atoms with Crippen molar-refractivity contribution >= 4 is 94.3 Å². The second-order valence-electron chi connectivity index (χ2n) is 28.4. The zero-order valence-electron chi connectivity index (χ0n) is 57.7. The third-order valence-corrected chi connectivity index (χ3v) is 16.1. The van der Waals surface area contributed by atoms with Gasteiger partial charge >= 0.3 is 0 Å². The van der Waals surface area contributed by atoms with Crippen LogP contribution >= 0.6 is 45.7 Å². The number of hydrogen-bond donors (Lipinski definition) is 0. The topological polar surface area (TPSA) is 156 Å². The zero-order valence-corrected chi connectivity index (χ0v) is 61.0. The lowest BCUT2D eigenvalue weighted by atomic mass is 9.87. The molecule has 88 heavy (non-hydrogen) atoms. The Morgan fingerprint density at radius 3 is 1.26 bits per heavy atom. The van der Waals surface area contributed by atoms with Crippen molar-refractivity contribution in [3.8, 4) is 0 Å². The fourth-order valence-corrected chi connectivity index (χ4v) is 9.70. The first kappa shape index (κ1) is 79.3. The molecule has 0 radical (unpaired) electrons. The van der Waals surface area contributed by atoms with Crippen LogP contribution in [0.4, 0.5) is 0 Å². The van der Waals surface area contributed by atoms with Gasteiger partial charge in [0.25, 0.3) is 0 Å². The SMILES string of the molecule is C=Cc1cc(C(C)(C)C)on1.C=Cc1cc(C(C)(C)C)sn1.C=Cc1nc(C(C)(C)C)co1.C=Cc1nc(C(C)(C)C)cs1.C=Cc1ncc(C(C)(C)C)o1.C=Cc1ncc(C(C)(C)C)s1.C=Cc1nocc1C(C)(C)C.C=Cc1nscc1C(C)(C)C. The highest BCUT2D eigenvalue weighted by atomic mass is 32.1.